The van der Waals surface area contributed by atoms with E-state index in [4.69, 9.17) is 0 Å². The molecular weight excluding hydrogens is 188 g/mol. The molecule has 0 aromatic carbocycles. The van der Waals surface area contributed by atoms with Crippen molar-refractivity contribution in [2.45, 2.75) is 18.9 Å². The van der Waals surface area contributed by atoms with Gasteiger partial charge in [0, 0.05) is 19.1 Å². The summed E-state index contributed by atoms with van der Waals surface area (Å²) in [7, 11) is 0. The predicted octanol–water partition coefficient (Wildman–Crippen LogP) is 0.687. The van der Waals surface area contributed by atoms with Gasteiger partial charge in [-0.3, -0.25) is 4.98 Å². The minimum absolute atomic E-state index is 0.516. The molecule has 3 rings (SSSR count). The Morgan fingerprint density at radius 3 is 3.07 bits per heavy atom. The topological polar surface area (TPSA) is 49.8 Å². The Balaban J connectivity index is 1.67. The molecule has 2 fully saturated rings. The van der Waals surface area contributed by atoms with Crippen LogP contribution in [0.3, 0.4) is 0 Å². The van der Waals surface area contributed by atoms with Gasteiger partial charge in [0.15, 0.2) is 0 Å². The monoisotopic (exact) mass is 203 g/mol. The fraction of sp³-hybridized carbons (Fsp3) is 0.636. The molecule has 1 aliphatic carbocycles. The molecule has 1 saturated carbocycles. The molecule has 0 unspecified atom stereocenters. The van der Waals surface area contributed by atoms with Gasteiger partial charge >= 0.3 is 0 Å². The van der Waals surface area contributed by atoms with E-state index in [0.717, 1.165) is 30.7 Å². The minimum Gasteiger partial charge on any atom is -0.364 e. The standard InChI is InChI=1S/C11H15N4/c1-2-8(1)9-5-13-6-10(9)15-11-7-12-3-4-14-11/h3,7-10,13H,1-2,5-6H2,(H,14,15)/t9-,10-/m0/s1. The van der Waals surface area contributed by atoms with Crippen LogP contribution in [0.1, 0.15) is 12.8 Å². The van der Waals surface area contributed by atoms with Crippen molar-refractivity contribution in [1.82, 2.24) is 15.3 Å². The van der Waals surface area contributed by atoms with Crippen LogP contribution >= 0.6 is 0 Å². The normalized spacial score (nSPS) is 30.4. The Kier molecular flexibility index (Phi) is 2.29. The molecule has 1 aromatic heterocycles. The number of rotatable bonds is 3. The minimum atomic E-state index is 0.516. The zero-order valence-corrected chi connectivity index (χ0v) is 8.61. The molecule has 1 aromatic rings. The van der Waals surface area contributed by atoms with Gasteiger partial charge in [-0.1, -0.05) is 0 Å². The maximum atomic E-state index is 4.13. The fourth-order valence-corrected chi connectivity index (χ4v) is 2.40. The summed E-state index contributed by atoms with van der Waals surface area (Å²) in [6.07, 6.45) is 8.89. The molecule has 2 aliphatic rings. The lowest BCUT2D eigenvalue weighted by molar-refractivity contribution is 0.473. The zero-order chi connectivity index (χ0) is 10.1. The van der Waals surface area contributed by atoms with Crippen LogP contribution in [0.2, 0.25) is 0 Å². The van der Waals surface area contributed by atoms with Crippen molar-refractivity contribution >= 4 is 5.82 Å². The molecule has 0 spiro atoms. The maximum absolute atomic E-state index is 4.13. The fourth-order valence-electron chi connectivity index (χ4n) is 2.40. The first-order valence-electron chi connectivity index (χ1n) is 5.59. The Morgan fingerprint density at radius 1 is 1.40 bits per heavy atom. The van der Waals surface area contributed by atoms with Crippen LogP contribution in [0, 0.1) is 18.0 Å². The van der Waals surface area contributed by atoms with Crippen LogP contribution in [0.25, 0.3) is 0 Å². The molecule has 15 heavy (non-hydrogen) atoms. The third-order valence-corrected chi connectivity index (χ3v) is 3.34. The summed E-state index contributed by atoms with van der Waals surface area (Å²) in [5, 5.41) is 6.89. The van der Waals surface area contributed by atoms with E-state index in [0.29, 0.717) is 6.04 Å². The zero-order valence-electron chi connectivity index (χ0n) is 8.61. The van der Waals surface area contributed by atoms with Gasteiger partial charge in [-0.05, 0) is 24.7 Å². The van der Waals surface area contributed by atoms with Crippen LogP contribution in [-0.2, 0) is 0 Å². The highest BCUT2D eigenvalue weighted by Gasteiger charge is 2.39. The average molecular weight is 203 g/mol. The van der Waals surface area contributed by atoms with Crippen molar-refractivity contribution in [3.05, 3.63) is 18.6 Å². The van der Waals surface area contributed by atoms with E-state index in [-0.39, 0.29) is 0 Å². The summed E-state index contributed by atoms with van der Waals surface area (Å²) < 4.78 is 0. The van der Waals surface area contributed by atoms with E-state index < -0.39 is 0 Å². The van der Waals surface area contributed by atoms with E-state index in [1.54, 1.807) is 12.4 Å². The van der Waals surface area contributed by atoms with Crippen LogP contribution in [0.4, 0.5) is 5.82 Å². The smallest absolute Gasteiger partial charge is 0.145 e. The number of nitrogens with one attached hydrogen (secondary N) is 2. The van der Waals surface area contributed by atoms with Gasteiger partial charge in [-0.2, -0.15) is 0 Å². The Morgan fingerprint density at radius 2 is 2.33 bits per heavy atom. The highest BCUT2D eigenvalue weighted by atomic mass is 15.1. The van der Waals surface area contributed by atoms with E-state index in [9.17, 15) is 0 Å². The van der Waals surface area contributed by atoms with Crippen molar-refractivity contribution in [2.75, 3.05) is 18.4 Å². The average Bonchev–Trinajstić information content (AvgIpc) is 3.02. The summed E-state index contributed by atoms with van der Waals surface area (Å²) in [5.74, 6) is 2.54. The second-order valence-electron chi connectivity index (χ2n) is 4.44. The molecule has 4 heteroatoms. The second kappa shape index (κ2) is 3.77. The molecular formula is C11H15N4. The van der Waals surface area contributed by atoms with Crippen molar-refractivity contribution in [3.8, 4) is 0 Å². The van der Waals surface area contributed by atoms with Crippen molar-refractivity contribution in [1.29, 1.82) is 0 Å². The summed E-state index contributed by atoms with van der Waals surface area (Å²) >= 11 is 0. The third-order valence-electron chi connectivity index (χ3n) is 3.34. The summed E-state index contributed by atoms with van der Waals surface area (Å²) in [6, 6.07) is 0.516. The largest absolute Gasteiger partial charge is 0.364 e. The summed E-state index contributed by atoms with van der Waals surface area (Å²) in [5.41, 5.74) is 0. The van der Waals surface area contributed by atoms with Gasteiger partial charge < -0.3 is 10.6 Å². The van der Waals surface area contributed by atoms with E-state index in [2.05, 4.69) is 26.8 Å². The molecule has 0 amide bonds. The SMILES string of the molecule is [c]1cncc(N[C@H]2CNC[C@H]2C2CC2)n1. The number of anilines is 1. The lowest BCUT2D eigenvalue weighted by atomic mass is 9.98. The Hall–Kier alpha value is -1.16. The Bertz CT molecular complexity index is 323. The first kappa shape index (κ1) is 9.09. The van der Waals surface area contributed by atoms with Gasteiger partial charge in [0.25, 0.3) is 0 Å². The number of aromatic nitrogens is 2. The van der Waals surface area contributed by atoms with E-state index in [1.807, 2.05) is 0 Å². The van der Waals surface area contributed by atoms with Crippen LogP contribution in [0.5, 0.6) is 0 Å². The Labute approximate surface area is 89.5 Å². The highest BCUT2D eigenvalue weighted by molar-refractivity contribution is 5.32. The number of nitrogens with zero attached hydrogens (tertiary/aromatic N) is 2. The highest BCUT2D eigenvalue weighted by Crippen LogP contribution is 2.40. The van der Waals surface area contributed by atoms with E-state index in [1.165, 1.54) is 12.8 Å². The van der Waals surface area contributed by atoms with Crippen molar-refractivity contribution < 1.29 is 0 Å². The van der Waals surface area contributed by atoms with Crippen LogP contribution in [0.15, 0.2) is 12.4 Å². The summed E-state index contributed by atoms with van der Waals surface area (Å²) in [6.45, 7) is 2.18. The third kappa shape index (κ3) is 1.95. The first-order chi connectivity index (χ1) is 7.43. The molecule has 4 nitrogen and oxygen atoms in total. The van der Waals surface area contributed by atoms with Gasteiger partial charge in [-0.25, -0.2) is 4.98 Å². The molecule has 2 atom stereocenters. The van der Waals surface area contributed by atoms with E-state index >= 15 is 0 Å². The van der Waals surface area contributed by atoms with Crippen LogP contribution in [-0.4, -0.2) is 29.1 Å². The van der Waals surface area contributed by atoms with Crippen molar-refractivity contribution in [2.24, 2.45) is 11.8 Å². The molecule has 2 N–H and O–H groups in total. The first-order valence-corrected chi connectivity index (χ1v) is 5.59. The van der Waals surface area contributed by atoms with Gasteiger partial charge in [0.1, 0.15) is 12.0 Å². The molecule has 2 heterocycles. The molecule has 0 bridgehead atoms. The van der Waals surface area contributed by atoms with Gasteiger partial charge in [0.2, 0.25) is 0 Å². The molecule has 1 saturated heterocycles. The quantitative estimate of drug-likeness (QED) is 0.758. The summed E-state index contributed by atoms with van der Waals surface area (Å²) in [4.78, 5) is 8.14. The second-order valence-corrected chi connectivity index (χ2v) is 4.44. The molecule has 79 valence electrons. The number of hydrogen-bond acceptors (Lipinski definition) is 4. The number of hydrogen-bond donors (Lipinski definition) is 2. The van der Waals surface area contributed by atoms with Gasteiger partial charge in [0.05, 0.1) is 12.4 Å². The van der Waals surface area contributed by atoms with Crippen molar-refractivity contribution in [3.63, 3.8) is 0 Å². The van der Waals surface area contributed by atoms with Gasteiger partial charge in [-0.15, -0.1) is 0 Å². The van der Waals surface area contributed by atoms with Crippen LogP contribution < -0.4 is 10.6 Å². The maximum Gasteiger partial charge on any atom is 0.145 e. The molecule has 1 radical (unpaired) electrons. The lowest BCUT2D eigenvalue weighted by Crippen LogP contribution is -2.29. The molecule has 1 aliphatic heterocycles. The predicted molar refractivity (Wildman–Crippen MR) is 57.4 cm³/mol. The lowest BCUT2D eigenvalue weighted by Gasteiger charge is -2.19.